The zero-order valence-corrected chi connectivity index (χ0v) is 20.3. The molecule has 0 atom stereocenters. The van der Waals surface area contributed by atoms with E-state index in [0.29, 0.717) is 23.3 Å². The molecule has 2 heterocycles. The summed E-state index contributed by atoms with van der Waals surface area (Å²) in [5, 5.41) is 0.758. The topological polar surface area (TPSA) is 45.6 Å². The molecule has 2 amide bonds. The van der Waals surface area contributed by atoms with Crippen LogP contribution >= 0.6 is 23.8 Å². The predicted octanol–water partition coefficient (Wildman–Crippen LogP) is 5.83. The fourth-order valence-electron chi connectivity index (χ4n) is 4.88. The summed E-state index contributed by atoms with van der Waals surface area (Å²) in [5.74, 6) is -0.760. The maximum absolute atomic E-state index is 13.5. The lowest BCUT2D eigenvalue weighted by Gasteiger charge is -2.36. The Kier molecular flexibility index (Phi) is 6.54. The SMILES string of the molecule is CCN1C(=O)/C(=C\c2cc(C)n(C3CCCCC3)c2C)C(=O)N(c2ccc(Cl)cc2)C1=S. The normalized spacial score (nSPS) is 19.4. The minimum Gasteiger partial charge on any atom is -0.346 e. The Balaban J connectivity index is 1.76. The number of thiocarbonyl (C=S) groups is 1. The molecular weight excluding hydrogens is 442 g/mol. The maximum Gasteiger partial charge on any atom is 0.270 e. The van der Waals surface area contributed by atoms with Gasteiger partial charge in [0.1, 0.15) is 5.57 Å². The first-order valence-corrected chi connectivity index (χ1v) is 12.0. The third kappa shape index (κ3) is 4.02. The first kappa shape index (κ1) is 22.7. The molecule has 1 aromatic heterocycles. The Bertz CT molecular complexity index is 1100. The van der Waals surface area contributed by atoms with Crippen LogP contribution in [0.25, 0.3) is 6.08 Å². The molecule has 1 aliphatic carbocycles. The molecule has 2 aliphatic rings. The van der Waals surface area contributed by atoms with Gasteiger partial charge in [-0.15, -0.1) is 0 Å². The highest BCUT2D eigenvalue weighted by molar-refractivity contribution is 7.80. The van der Waals surface area contributed by atoms with Gasteiger partial charge in [-0.05, 0) is 87.8 Å². The van der Waals surface area contributed by atoms with Crippen molar-refractivity contribution in [1.29, 1.82) is 0 Å². The van der Waals surface area contributed by atoms with Crippen molar-refractivity contribution >= 4 is 52.5 Å². The van der Waals surface area contributed by atoms with E-state index in [-0.39, 0.29) is 16.6 Å². The Morgan fingerprint density at radius 1 is 1.06 bits per heavy atom. The van der Waals surface area contributed by atoms with Crippen LogP contribution < -0.4 is 4.90 Å². The first-order valence-electron chi connectivity index (χ1n) is 11.2. The Hall–Kier alpha value is -2.44. The fraction of sp³-hybridized carbons (Fsp3) is 0.400. The van der Waals surface area contributed by atoms with Gasteiger partial charge in [-0.3, -0.25) is 19.4 Å². The minimum atomic E-state index is -0.408. The number of nitrogens with zero attached hydrogens (tertiary/aromatic N) is 3. The highest BCUT2D eigenvalue weighted by atomic mass is 35.5. The van der Waals surface area contributed by atoms with E-state index >= 15 is 0 Å². The van der Waals surface area contributed by atoms with E-state index in [2.05, 4.69) is 24.5 Å². The molecule has 1 saturated heterocycles. The van der Waals surface area contributed by atoms with Gasteiger partial charge in [-0.25, -0.2) is 0 Å². The number of anilines is 1. The Labute approximate surface area is 199 Å². The van der Waals surface area contributed by atoms with Crippen LogP contribution in [-0.2, 0) is 9.59 Å². The number of halogens is 1. The lowest BCUT2D eigenvalue weighted by molar-refractivity contribution is -0.127. The van der Waals surface area contributed by atoms with Gasteiger partial charge in [0.25, 0.3) is 11.8 Å². The summed E-state index contributed by atoms with van der Waals surface area (Å²) in [6.45, 7) is 6.41. The summed E-state index contributed by atoms with van der Waals surface area (Å²) >= 11 is 11.5. The van der Waals surface area contributed by atoms with Crippen LogP contribution in [0.3, 0.4) is 0 Å². The molecule has 2 aromatic rings. The third-order valence-corrected chi connectivity index (χ3v) is 7.15. The van der Waals surface area contributed by atoms with Gasteiger partial charge in [-0.2, -0.15) is 0 Å². The zero-order chi connectivity index (χ0) is 23.0. The number of hydrogen-bond donors (Lipinski definition) is 0. The standard InChI is InChI=1S/C25H28ClN3O2S/c1-4-27-23(30)22(24(31)29(25(27)32)21-12-10-19(26)11-13-21)15-18-14-16(2)28(17(18)3)20-8-6-5-7-9-20/h10-15,20H,4-9H2,1-3H3/b22-15+. The molecule has 1 aliphatic heterocycles. The van der Waals surface area contributed by atoms with Crippen LogP contribution in [0.5, 0.6) is 0 Å². The van der Waals surface area contributed by atoms with Crippen LogP contribution in [0.15, 0.2) is 35.9 Å². The molecule has 0 bridgehead atoms. The second kappa shape index (κ2) is 9.20. The minimum absolute atomic E-state index is 0.124. The number of rotatable bonds is 4. The highest BCUT2D eigenvalue weighted by Gasteiger charge is 2.39. The molecule has 0 N–H and O–H groups in total. The average molecular weight is 470 g/mol. The second-order valence-electron chi connectivity index (χ2n) is 8.50. The monoisotopic (exact) mass is 469 g/mol. The molecule has 1 aromatic carbocycles. The van der Waals surface area contributed by atoms with E-state index in [1.165, 1.54) is 41.9 Å². The molecule has 2 fully saturated rings. The molecule has 4 rings (SSSR count). The van der Waals surface area contributed by atoms with Gasteiger partial charge in [0.15, 0.2) is 5.11 Å². The molecule has 0 spiro atoms. The van der Waals surface area contributed by atoms with Crippen LogP contribution in [0.1, 0.15) is 62.0 Å². The van der Waals surface area contributed by atoms with E-state index in [1.807, 2.05) is 6.92 Å². The summed E-state index contributed by atoms with van der Waals surface area (Å²) in [4.78, 5) is 29.6. The molecular formula is C25H28ClN3O2S. The highest BCUT2D eigenvalue weighted by Crippen LogP contribution is 2.34. The van der Waals surface area contributed by atoms with E-state index in [4.69, 9.17) is 23.8 Å². The van der Waals surface area contributed by atoms with Gasteiger partial charge < -0.3 is 4.57 Å². The molecule has 7 heteroatoms. The molecule has 32 heavy (non-hydrogen) atoms. The van der Waals surface area contributed by atoms with Crippen molar-refractivity contribution in [3.8, 4) is 0 Å². The first-order chi connectivity index (χ1) is 15.3. The van der Waals surface area contributed by atoms with E-state index in [1.54, 1.807) is 30.3 Å². The van der Waals surface area contributed by atoms with Crippen LogP contribution in [0, 0.1) is 13.8 Å². The van der Waals surface area contributed by atoms with Crippen molar-refractivity contribution in [3.63, 3.8) is 0 Å². The molecule has 5 nitrogen and oxygen atoms in total. The number of likely N-dealkylation sites (N-methyl/N-ethyl adjacent to an activating group) is 1. The number of benzene rings is 1. The van der Waals surface area contributed by atoms with Gasteiger partial charge in [-0.1, -0.05) is 30.9 Å². The van der Waals surface area contributed by atoms with Gasteiger partial charge >= 0.3 is 0 Å². The average Bonchev–Trinajstić information content (AvgIpc) is 3.06. The van der Waals surface area contributed by atoms with E-state index in [9.17, 15) is 9.59 Å². The molecule has 0 unspecified atom stereocenters. The summed E-state index contributed by atoms with van der Waals surface area (Å²) in [6, 6.07) is 9.46. The van der Waals surface area contributed by atoms with Crippen molar-refractivity contribution in [2.24, 2.45) is 0 Å². The largest absolute Gasteiger partial charge is 0.346 e. The van der Waals surface area contributed by atoms with Gasteiger partial charge in [0.2, 0.25) is 0 Å². The van der Waals surface area contributed by atoms with E-state index in [0.717, 1.165) is 17.0 Å². The lowest BCUT2D eigenvalue weighted by atomic mass is 9.95. The zero-order valence-electron chi connectivity index (χ0n) is 18.7. The molecule has 1 saturated carbocycles. The predicted molar refractivity (Wildman–Crippen MR) is 133 cm³/mol. The van der Waals surface area contributed by atoms with E-state index < -0.39 is 5.91 Å². The number of carbonyl (C=O) groups is 2. The van der Waals surface area contributed by atoms with Gasteiger partial charge in [0.05, 0.1) is 5.69 Å². The number of hydrogen-bond acceptors (Lipinski definition) is 3. The number of amides is 2. The van der Waals surface area contributed by atoms with Crippen molar-refractivity contribution in [2.45, 2.75) is 58.9 Å². The quantitative estimate of drug-likeness (QED) is 0.321. The number of aryl methyl sites for hydroxylation is 1. The van der Waals surface area contributed by atoms with Crippen LogP contribution in [0.2, 0.25) is 5.02 Å². The Morgan fingerprint density at radius 3 is 2.34 bits per heavy atom. The summed E-state index contributed by atoms with van der Waals surface area (Å²) in [6.07, 6.45) is 7.86. The number of carbonyl (C=O) groups excluding carboxylic acids is 2. The fourth-order valence-corrected chi connectivity index (χ4v) is 5.40. The van der Waals surface area contributed by atoms with Crippen molar-refractivity contribution in [3.05, 3.63) is 57.9 Å². The van der Waals surface area contributed by atoms with Crippen LogP contribution in [0.4, 0.5) is 5.69 Å². The molecule has 0 radical (unpaired) electrons. The molecule has 168 valence electrons. The number of aromatic nitrogens is 1. The van der Waals surface area contributed by atoms with Gasteiger partial charge in [0, 0.05) is 29.0 Å². The smallest absolute Gasteiger partial charge is 0.270 e. The summed E-state index contributed by atoms with van der Waals surface area (Å²) < 4.78 is 2.38. The summed E-state index contributed by atoms with van der Waals surface area (Å²) in [5.41, 5.74) is 3.88. The second-order valence-corrected chi connectivity index (χ2v) is 9.30. The van der Waals surface area contributed by atoms with Crippen molar-refractivity contribution < 1.29 is 9.59 Å². The third-order valence-electron chi connectivity index (χ3n) is 6.50. The Morgan fingerprint density at radius 2 is 1.72 bits per heavy atom. The van der Waals surface area contributed by atoms with Crippen molar-refractivity contribution in [1.82, 2.24) is 9.47 Å². The lowest BCUT2D eigenvalue weighted by Crippen LogP contribution is -2.56. The van der Waals surface area contributed by atoms with Crippen LogP contribution in [-0.4, -0.2) is 32.9 Å². The summed E-state index contributed by atoms with van der Waals surface area (Å²) in [7, 11) is 0. The van der Waals surface area contributed by atoms with Crippen molar-refractivity contribution in [2.75, 3.05) is 11.4 Å². The maximum atomic E-state index is 13.5.